The van der Waals surface area contributed by atoms with Gasteiger partial charge in [0.1, 0.15) is 0 Å². The van der Waals surface area contributed by atoms with E-state index in [0.29, 0.717) is 0 Å². The maximum Gasteiger partial charge on any atom is 0.0896 e. The highest BCUT2D eigenvalue weighted by atomic mass is 16.3. The quantitative estimate of drug-likeness (QED) is 0.732. The molecule has 1 heteroatoms. The smallest absolute Gasteiger partial charge is 0.0896 e. The highest BCUT2D eigenvalue weighted by Crippen LogP contribution is 2.38. The van der Waals surface area contributed by atoms with Gasteiger partial charge >= 0.3 is 0 Å². The van der Waals surface area contributed by atoms with Gasteiger partial charge in [0.15, 0.2) is 0 Å². The Hall–Kier alpha value is -0.820. The number of aliphatic hydroxyl groups is 1. The van der Waals surface area contributed by atoms with Crippen molar-refractivity contribution in [1.29, 1.82) is 0 Å². The van der Waals surface area contributed by atoms with Crippen molar-refractivity contribution in [1.82, 2.24) is 0 Å². The molecule has 1 aliphatic carbocycles. The number of hydrogen-bond acceptors (Lipinski definition) is 1. The summed E-state index contributed by atoms with van der Waals surface area (Å²) in [5.41, 5.74) is 0.542. The van der Waals surface area contributed by atoms with Gasteiger partial charge in [-0.3, -0.25) is 0 Å². The van der Waals surface area contributed by atoms with Gasteiger partial charge in [0.25, 0.3) is 0 Å². The molecule has 1 nitrogen and oxygen atoms in total. The largest absolute Gasteiger partial charge is 0.385 e. The van der Waals surface area contributed by atoms with Gasteiger partial charge < -0.3 is 5.11 Å². The lowest BCUT2D eigenvalue weighted by molar-refractivity contribution is -0.0120. The number of hydrogen-bond donors (Lipinski definition) is 1. The minimum atomic E-state index is -0.548. The summed E-state index contributed by atoms with van der Waals surface area (Å²) in [5, 5.41) is 10.5. The average Bonchev–Trinajstić information content (AvgIpc) is 2.48. The fourth-order valence-electron chi connectivity index (χ4n) is 2.28. The van der Waals surface area contributed by atoms with Crippen molar-refractivity contribution >= 4 is 0 Å². The van der Waals surface area contributed by atoms with Crippen molar-refractivity contribution in [2.24, 2.45) is 5.92 Å². The summed E-state index contributed by atoms with van der Waals surface area (Å²) in [5.74, 6) is 0.777. The van der Waals surface area contributed by atoms with E-state index < -0.39 is 5.60 Å². The predicted octanol–water partition coefficient (Wildman–Crippen LogP) is 5.14. The van der Waals surface area contributed by atoms with E-state index in [-0.39, 0.29) is 0 Å². The second-order valence-electron chi connectivity index (χ2n) is 4.58. The minimum Gasteiger partial charge on any atom is -0.385 e. The van der Waals surface area contributed by atoms with Crippen molar-refractivity contribution in [3.8, 4) is 0 Å². The summed E-state index contributed by atoms with van der Waals surface area (Å²) in [6, 6.07) is 10.1. The van der Waals surface area contributed by atoms with Crippen LogP contribution in [0.25, 0.3) is 0 Å². The Labute approximate surface area is 113 Å². The molecule has 0 amide bonds. The van der Waals surface area contributed by atoms with E-state index in [2.05, 4.69) is 6.92 Å². The molecule has 0 aromatic heterocycles. The monoisotopic (exact) mass is 250 g/mol. The Balaban J connectivity index is 0.000000659. The predicted molar refractivity (Wildman–Crippen MR) is 80.7 cm³/mol. The highest BCUT2D eigenvalue weighted by Gasteiger charge is 2.32. The normalized spacial score (nSPS) is 26.2. The molecule has 18 heavy (non-hydrogen) atoms. The fourth-order valence-corrected chi connectivity index (χ4v) is 2.28. The minimum absolute atomic E-state index is 0.548. The van der Waals surface area contributed by atoms with Gasteiger partial charge in [-0.2, -0.15) is 0 Å². The Bertz CT molecular complexity index is 284. The third-order valence-corrected chi connectivity index (χ3v) is 3.41. The first kappa shape index (κ1) is 17.2. The van der Waals surface area contributed by atoms with Gasteiger partial charge in [-0.1, -0.05) is 65.0 Å². The first-order chi connectivity index (χ1) is 8.71. The topological polar surface area (TPSA) is 20.2 Å². The van der Waals surface area contributed by atoms with Gasteiger partial charge in [0.05, 0.1) is 5.60 Å². The molecule has 0 spiro atoms. The molecule has 1 fully saturated rings. The average molecular weight is 250 g/mol. The van der Waals surface area contributed by atoms with Crippen LogP contribution in [-0.4, -0.2) is 5.11 Å². The van der Waals surface area contributed by atoms with Crippen LogP contribution < -0.4 is 0 Å². The van der Waals surface area contributed by atoms with E-state index in [1.807, 2.05) is 58.0 Å². The third-order valence-electron chi connectivity index (χ3n) is 3.41. The second kappa shape index (κ2) is 9.16. The molecule has 2 rings (SSSR count). The molecule has 1 aromatic rings. The molecule has 1 N–H and O–H groups in total. The molecule has 0 aliphatic heterocycles. The third kappa shape index (κ3) is 4.81. The zero-order chi connectivity index (χ0) is 14.0. The van der Waals surface area contributed by atoms with E-state index in [1.165, 1.54) is 0 Å². The summed E-state index contributed by atoms with van der Waals surface area (Å²) in [6.07, 6.45) is 4.12. The molecule has 0 bridgehead atoms. The lowest BCUT2D eigenvalue weighted by Gasteiger charge is -2.35. The standard InChI is InChI=1S/C13H18O.2C2H6/c1-11-7-9-13(14,10-8-11)12-5-3-2-4-6-12;2*1-2/h2-6,11,14H,7-10H2,1H3;2*1-2H3. The molecular formula is C17H30O. The van der Waals surface area contributed by atoms with Crippen molar-refractivity contribution in [2.45, 2.75) is 65.9 Å². The van der Waals surface area contributed by atoms with Gasteiger partial charge in [-0.25, -0.2) is 0 Å². The van der Waals surface area contributed by atoms with Gasteiger partial charge in [-0.15, -0.1) is 0 Å². The number of rotatable bonds is 1. The summed E-state index contributed by atoms with van der Waals surface area (Å²) < 4.78 is 0. The Kier molecular flexibility index (Phi) is 8.74. The van der Waals surface area contributed by atoms with Crippen LogP contribution in [-0.2, 0) is 5.60 Å². The molecule has 0 atom stereocenters. The molecule has 0 heterocycles. The number of benzene rings is 1. The van der Waals surface area contributed by atoms with E-state index >= 15 is 0 Å². The fraction of sp³-hybridized carbons (Fsp3) is 0.647. The van der Waals surface area contributed by atoms with Crippen LogP contribution in [0.1, 0.15) is 65.9 Å². The van der Waals surface area contributed by atoms with Crippen LogP contribution in [0.4, 0.5) is 0 Å². The summed E-state index contributed by atoms with van der Waals surface area (Å²) in [7, 11) is 0. The van der Waals surface area contributed by atoms with Gasteiger partial charge in [0, 0.05) is 0 Å². The molecular weight excluding hydrogens is 220 g/mol. The first-order valence-corrected chi connectivity index (χ1v) is 7.49. The van der Waals surface area contributed by atoms with E-state index in [4.69, 9.17) is 0 Å². The Morgan fingerprint density at radius 2 is 1.39 bits per heavy atom. The SMILES string of the molecule is CC.CC.CC1CCC(O)(c2ccccc2)CC1. The lowest BCUT2D eigenvalue weighted by atomic mass is 9.76. The molecule has 104 valence electrons. The maximum atomic E-state index is 10.5. The van der Waals surface area contributed by atoms with Crippen molar-refractivity contribution in [2.75, 3.05) is 0 Å². The van der Waals surface area contributed by atoms with Crippen LogP contribution in [0.2, 0.25) is 0 Å². The van der Waals surface area contributed by atoms with Crippen LogP contribution in [0.3, 0.4) is 0 Å². The van der Waals surface area contributed by atoms with Crippen molar-refractivity contribution < 1.29 is 5.11 Å². The molecule has 0 saturated heterocycles. The summed E-state index contributed by atoms with van der Waals surface area (Å²) in [6.45, 7) is 10.3. The molecule has 1 aromatic carbocycles. The zero-order valence-electron chi connectivity index (χ0n) is 12.7. The first-order valence-electron chi connectivity index (χ1n) is 7.49. The molecule has 1 aliphatic rings. The highest BCUT2D eigenvalue weighted by molar-refractivity contribution is 5.22. The van der Waals surface area contributed by atoms with E-state index in [0.717, 1.165) is 37.2 Å². The van der Waals surface area contributed by atoms with Crippen molar-refractivity contribution in [3.05, 3.63) is 35.9 Å². The maximum absolute atomic E-state index is 10.5. The molecule has 0 radical (unpaired) electrons. The molecule has 1 saturated carbocycles. The zero-order valence-corrected chi connectivity index (χ0v) is 12.7. The van der Waals surface area contributed by atoms with E-state index in [9.17, 15) is 5.11 Å². The van der Waals surface area contributed by atoms with E-state index in [1.54, 1.807) is 0 Å². The summed E-state index contributed by atoms with van der Waals surface area (Å²) in [4.78, 5) is 0. The van der Waals surface area contributed by atoms with Crippen LogP contribution in [0, 0.1) is 5.92 Å². The Morgan fingerprint density at radius 1 is 0.944 bits per heavy atom. The Morgan fingerprint density at radius 3 is 1.83 bits per heavy atom. The molecule has 0 unspecified atom stereocenters. The van der Waals surface area contributed by atoms with Gasteiger partial charge in [-0.05, 0) is 37.2 Å². The lowest BCUT2D eigenvalue weighted by Crippen LogP contribution is -2.30. The van der Waals surface area contributed by atoms with Crippen LogP contribution in [0.5, 0.6) is 0 Å². The summed E-state index contributed by atoms with van der Waals surface area (Å²) >= 11 is 0. The van der Waals surface area contributed by atoms with Crippen LogP contribution >= 0.6 is 0 Å². The van der Waals surface area contributed by atoms with Crippen LogP contribution in [0.15, 0.2) is 30.3 Å². The van der Waals surface area contributed by atoms with Gasteiger partial charge in [0.2, 0.25) is 0 Å². The second-order valence-corrected chi connectivity index (χ2v) is 4.58. The van der Waals surface area contributed by atoms with Crippen molar-refractivity contribution in [3.63, 3.8) is 0 Å².